The standard InChI is InChI=1S/C23H25ClN2O4/c1-5-29-22(28)11-21(27)26-15-8-14(4)23(19(24)9-15)30-16-6-7-20-17(10-16)18(12-25-20)13(2)3/h6-10,12-13,25H,5,11H2,1-4H3,(H,26,27). The molecule has 2 aromatic carbocycles. The molecule has 0 radical (unpaired) electrons. The Morgan fingerprint density at radius 1 is 1.20 bits per heavy atom. The van der Waals surface area contributed by atoms with Crippen molar-refractivity contribution in [3.05, 3.63) is 52.7 Å². The number of hydrogen-bond acceptors (Lipinski definition) is 4. The van der Waals surface area contributed by atoms with Crippen LogP contribution < -0.4 is 10.1 Å². The Kier molecular flexibility index (Phi) is 6.67. The van der Waals surface area contributed by atoms with Crippen molar-refractivity contribution in [2.24, 2.45) is 0 Å². The van der Waals surface area contributed by atoms with E-state index in [9.17, 15) is 9.59 Å². The highest BCUT2D eigenvalue weighted by molar-refractivity contribution is 6.32. The number of halogens is 1. The Hall–Kier alpha value is -2.99. The number of carbonyl (C=O) groups is 2. The minimum Gasteiger partial charge on any atom is -0.466 e. The number of amides is 1. The summed E-state index contributed by atoms with van der Waals surface area (Å²) in [4.78, 5) is 26.7. The van der Waals surface area contributed by atoms with Crippen molar-refractivity contribution in [3.8, 4) is 11.5 Å². The van der Waals surface area contributed by atoms with E-state index in [-0.39, 0.29) is 13.0 Å². The predicted octanol–water partition coefficient (Wildman–Crippen LogP) is 5.94. The number of H-pyrrole nitrogens is 1. The summed E-state index contributed by atoms with van der Waals surface area (Å²) < 4.78 is 10.9. The molecule has 0 aliphatic heterocycles. The summed E-state index contributed by atoms with van der Waals surface area (Å²) in [5.74, 6) is 0.543. The van der Waals surface area contributed by atoms with Crippen molar-refractivity contribution >= 4 is 40.1 Å². The van der Waals surface area contributed by atoms with Crippen LogP contribution in [0.4, 0.5) is 5.69 Å². The minimum absolute atomic E-state index is 0.232. The number of nitrogens with one attached hydrogen (secondary N) is 2. The van der Waals surface area contributed by atoms with Crippen LogP contribution in [-0.2, 0) is 14.3 Å². The number of aromatic nitrogens is 1. The first kappa shape index (κ1) is 21.7. The van der Waals surface area contributed by atoms with Crippen LogP contribution >= 0.6 is 11.6 Å². The van der Waals surface area contributed by atoms with Crippen LogP contribution in [0, 0.1) is 6.92 Å². The van der Waals surface area contributed by atoms with Crippen molar-refractivity contribution in [2.75, 3.05) is 11.9 Å². The van der Waals surface area contributed by atoms with Crippen molar-refractivity contribution < 1.29 is 19.1 Å². The number of esters is 1. The Balaban J connectivity index is 1.79. The molecule has 0 aliphatic carbocycles. The molecular formula is C23H25ClN2O4. The Labute approximate surface area is 180 Å². The van der Waals surface area contributed by atoms with Crippen LogP contribution in [0.2, 0.25) is 5.02 Å². The van der Waals surface area contributed by atoms with Crippen LogP contribution in [0.5, 0.6) is 11.5 Å². The zero-order valence-corrected chi connectivity index (χ0v) is 18.2. The van der Waals surface area contributed by atoms with Crippen molar-refractivity contribution in [1.29, 1.82) is 0 Å². The Morgan fingerprint density at radius 2 is 1.97 bits per heavy atom. The third-order valence-corrected chi connectivity index (χ3v) is 4.93. The van der Waals surface area contributed by atoms with Gasteiger partial charge in [-0.15, -0.1) is 0 Å². The zero-order valence-electron chi connectivity index (χ0n) is 17.5. The van der Waals surface area contributed by atoms with Crippen LogP contribution in [0.25, 0.3) is 10.9 Å². The summed E-state index contributed by atoms with van der Waals surface area (Å²) in [5.41, 5.74) is 3.51. The van der Waals surface area contributed by atoms with Gasteiger partial charge < -0.3 is 19.8 Å². The van der Waals surface area contributed by atoms with E-state index >= 15 is 0 Å². The number of benzene rings is 2. The molecule has 3 rings (SSSR count). The summed E-state index contributed by atoms with van der Waals surface area (Å²) >= 11 is 6.43. The minimum atomic E-state index is -0.571. The highest BCUT2D eigenvalue weighted by atomic mass is 35.5. The molecule has 1 aromatic heterocycles. The molecule has 1 heterocycles. The SMILES string of the molecule is CCOC(=O)CC(=O)Nc1cc(C)c(Oc2ccc3[nH]cc(C(C)C)c3c2)c(Cl)c1. The first-order chi connectivity index (χ1) is 14.3. The van der Waals surface area contributed by atoms with Gasteiger partial charge in [0.15, 0.2) is 0 Å². The molecule has 158 valence electrons. The maximum atomic E-state index is 12.0. The molecular weight excluding hydrogens is 404 g/mol. The number of carbonyl (C=O) groups excluding carboxylic acids is 2. The van der Waals surface area contributed by atoms with Gasteiger partial charge in [0, 0.05) is 22.8 Å². The third-order valence-electron chi connectivity index (χ3n) is 4.65. The lowest BCUT2D eigenvalue weighted by atomic mass is 10.0. The number of hydrogen-bond donors (Lipinski definition) is 2. The highest BCUT2D eigenvalue weighted by Crippen LogP contribution is 2.37. The van der Waals surface area contributed by atoms with E-state index < -0.39 is 11.9 Å². The molecule has 0 spiro atoms. The second kappa shape index (κ2) is 9.22. The number of aryl methyl sites for hydroxylation is 1. The van der Waals surface area contributed by atoms with Crippen LogP contribution in [0.15, 0.2) is 36.5 Å². The summed E-state index contributed by atoms with van der Waals surface area (Å²) in [6.45, 7) is 8.06. The molecule has 0 bridgehead atoms. The molecule has 0 saturated carbocycles. The maximum absolute atomic E-state index is 12.0. The molecule has 6 nitrogen and oxygen atoms in total. The van der Waals surface area contributed by atoms with Gasteiger partial charge in [-0.3, -0.25) is 9.59 Å². The summed E-state index contributed by atoms with van der Waals surface area (Å²) in [6.07, 6.45) is 1.67. The second-order valence-corrected chi connectivity index (χ2v) is 7.75. The van der Waals surface area contributed by atoms with Crippen molar-refractivity contribution in [1.82, 2.24) is 4.98 Å². The van der Waals surface area contributed by atoms with Crippen molar-refractivity contribution in [2.45, 2.75) is 40.0 Å². The second-order valence-electron chi connectivity index (χ2n) is 7.34. The molecule has 0 saturated heterocycles. The fourth-order valence-electron chi connectivity index (χ4n) is 3.26. The van der Waals surface area contributed by atoms with Gasteiger partial charge in [-0.05, 0) is 61.2 Å². The van der Waals surface area contributed by atoms with Crippen LogP contribution in [0.1, 0.15) is 44.2 Å². The van der Waals surface area contributed by atoms with E-state index in [4.69, 9.17) is 21.1 Å². The van der Waals surface area contributed by atoms with Gasteiger partial charge in [0.25, 0.3) is 0 Å². The molecule has 30 heavy (non-hydrogen) atoms. The van der Waals surface area contributed by atoms with E-state index in [0.29, 0.717) is 28.1 Å². The molecule has 0 unspecified atom stereocenters. The fourth-order valence-corrected chi connectivity index (χ4v) is 3.57. The zero-order chi connectivity index (χ0) is 21.8. The average molecular weight is 429 g/mol. The fraction of sp³-hybridized carbons (Fsp3) is 0.304. The molecule has 7 heteroatoms. The van der Waals surface area contributed by atoms with E-state index in [1.807, 2.05) is 31.3 Å². The highest BCUT2D eigenvalue weighted by Gasteiger charge is 2.15. The largest absolute Gasteiger partial charge is 0.466 e. The smallest absolute Gasteiger partial charge is 0.315 e. The first-order valence-electron chi connectivity index (χ1n) is 9.83. The lowest BCUT2D eigenvalue weighted by Gasteiger charge is -2.14. The normalized spacial score (nSPS) is 11.0. The van der Waals surface area contributed by atoms with Crippen LogP contribution in [-0.4, -0.2) is 23.5 Å². The number of rotatable bonds is 7. The van der Waals surface area contributed by atoms with Gasteiger partial charge >= 0.3 is 5.97 Å². The van der Waals surface area contributed by atoms with Gasteiger partial charge in [-0.25, -0.2) is 0 Å². The van der Waals surface area contributed by atoms with Crippen molar-refractivity contribution in [3.63, 3.8) is 0 Å². The lowest BCUT2D eigenvalue weighted by Crippen LogP contribution is -2.18. The van der Waals surface area contributed by atoms with Gasteiger partial charge in [0.2, 0.25) is 5.91 Å². The van der Waals surface area contributed by atoms with E-state index in [1.54, 1.807) is 19.1 Å². The Morgan fingerprint density at radius 3 is 2.63 bits per heavy atom. The molecule has 1 amide bonds. The summed E-state index contributed by atoms with van der Waals surface area (Å²) in [7, 11) is 0. The van der Waals surface area contributed by atoms with E-state index in [1.165, 1.54) is 5.56 Å². The molecule has 0 aliphatic rings. The quantitative estimate of drug-likeness (QED) is 0.360. The number of fused-ring (bicyclic) bond motifs is 1. The summed E-state index contributed by atoms with van der Waals surface area (Å²) in [6, 6.07) is 9.20. The molecule has 3 aromatic rings. The topological polar surface area (TPSA) is 80.4 Å². The predicted molar refractivity (Wildman–Crippen MR) is 119 cm³/mol. The van der Waals surface area contributed by atoms with Gasteiger partial charge in [-0.1, -0.05) is 25.4 Å². The number of aromatic amines is 1. The van der Waals surface area contributed by atoms with E-state index in [2.05, 4.69) is 24.1 Å². The van der Waals surface area contributed by atoms with Crippen LogP contribution in [0.3, 0.4) is 0 Å². The average Bonchev–Trinajstić information content (AvgIpc) is 3.08. The number of anilines is 1. The monoisotopic (exact) mass is 428 g/mol. The van der Waals surface area contributed by atoms with E-state index in [0.717, 1.165) is 16.5 Å². The third kappa shape index (κ3) is 4.94. The molecule has 0 fully saturated rings. The van der Waals surface area contributed by atoms with Gasteiger partial charge in [-0.2, -0.15) is 0 Å². The Bertz CT molecular complexity index is 1060. The lowest BCUT2D eigenvalue weighted by molar-refractivity contribution is -0.145. The molecule has 0 atom stereocenters. The summed E-state index contributed by atoms with van der Waals surface area (Å²) in [5, 5.41) is 4.13. The first-order valence-corrected chi connectivity index (χ1v) is 10.2. The van der Waals surface area contributed by atoms with Gasteiger partial charge in [0.05, 0.1) is 11.6 Å². The molecule has 2 N–H and O–H groups in total. The van der Waals surface area contributed by atoms with Gasteiger partial charge in [0.1, 0.15) is 17.9 Å². The number of ether oxygens (including phenoxy) is 2. The maximum Gasteiger partial charge on any atom is 0.315 e.